The molecule has 1 aromatic heterocycles. The Hall–Kier alpha value is -1.62. The van der Waals surface area contributed by atoms with Crippen molar-refractivity contribution in [3.05, 3.63) is 34.9 Å². The van der Waals surface area contributed by atoms with Crippen LogP contribution < -0.4 is 10.1 Å². The van der Waals surface area contributed by atoms with Crippen molar-refractivity contribution in [2.45, 2.75) is 6.42 Å². The first-order valence-corrected chi connectivity index (χ1v) is 6.95. The molecule has 1 fully saturated rings. The van der Waals surface area contributed by atoms with Crippen molar-refractivity contribution < 1.29 is 9.53 Å². The smallest absolute Gasteiger partial charge is 0.220 e. The number of aromatic nitrogens is 1. The molecule has 3 rings (SSSR count). The number of nitrogens with zero attached hydrogens (tertiary/aromatic N) is 1. The van der Waals surface area contributed by atoms with Gasteiger partial charge in [0.2, 0.25) is 5.91 Å². The third kappa shape index (κ3) is 2.71. The summed E-state index contributed by atoms with van der Waals surface area (Å²) < 4.78 is 6.81. The molecule has 1 aliphatic heterocycles. The third-order valence-corrected chi connectivity index (χ3v) is 3.64. The van der Waals surface area contributed by atoms with E-state index in [1.807, 2.05) is 24.3 Å². The van der Waals surface area contributed by atoms with Gasteiger partial charge in [0.25, 0.3) is 0 Å². The SMILES string of the molecule is O=C1CC(COc2cc(Br)cc3ncccc23)CN1. The molecule has 1 atom stereocenters. The van der Waals surface area contributed by atoms with Gasteiger partial charge < -0.3 is 10.1 Å². The van der Waals surface area contributed by atoms with Gasteiger partial charge in [-0.2, -0.15) is 0 Å². The summed E-state index contributed by atoms with van der Waals surface area (Å²) in [6, 6.07) is 7.78. The van der Waals surface area contributed by atoms with Gasteiger partial charge in [-0.1, -0.05) is 15.9 Å². The Bertz CT molecular complexity index is 630. The minimum absolute atomic E-state index is 0.106. The zero-order valence-electron chi connectivity index (χ0n) is 10.2. The highest BCUT2D eigenvalue weighted by atomic mass is 79.9. The van der Waals surface area contributed by atoms with E-state index in [2.05, 4.69) is 26.2 Å². The van der Waals surface area contributed by atoms with Crippen LogP contribution in [0.15, 0.2) is 34.9 Å². The molecule has 1 saturated heterocycles. The standard InChI is InChI=1S/C14H13BrN2O2/c15-10-5-12-11(2-1-3-16-12)13(6-10)19-8-9-4-14(18)17-7-9/h1-3,5-6,9H,4,7-8H2,(H,17,18). The number of ether oxygens (including phenoxy) is 1. The van der Waals surface area contributed by atoms with Gasteiger partial charge >= 0.3 is 0 Å². The fourth-order valence-corrected chi connectivity index (χ4v) is 2.65. The van der Waals surface area contributed by atoms with E-state index in [0.29, 0.717) is 19.6 Å². The van der Waals surface area contributed by atoms with E-state index in [0.717, 1.165) is 21.1 Å². The molecule has 0 radical (unpaired) electrons. The summed E-state index contributed by atoms with van der Waals surface area (Å²) in [4.78, 5) is 15.5. The molecule has 4 nitrogen and oxygen atoms in total. The summed E-state index contributed by atoms with van der Waals surface area (Å²) in [5.74, 6) is 1.16. The Labute approximate surface area is 119 Å². The van der Waals surface area contributed by atoms with E-state index in [-0.39, 0.29) is 11.8 Å². The maximum atomic E-state index is 11.1. The maximum Gasteiger partial charge on any atom is 0.220 e. The molecule has 0 bridgehead atoms. The molecule has 98 valence electrons. The Balaban J connectivity index is 1.82. The second kappa shape index (κ2) is 5.17. The normalized spacial score (nSPS) is 18.6. The molecular formula is C14H13BrN2O2. The van der Waals surface area contributed by atoms with Gasteiger partial charge in [0, 0.05) is 34.9 Å². The average molecular weight is 321 g/mol. The van der Waals surface area contributed by atoms with Crippen LogP contribution in [0.2, 0.25) is 0 Å². The number of pyridine rings is 1. The number of carbonyl (C=O) groups excluding carboxylic acids is 1. The van der Waals surface area contributed by atoms with Crippen molar-refractivity contribution in [3.8, 4) is 5.75 Å². The first kappa shape index (κ1) is 12.4. The lowest BCUT2D eigenvalue weighted by molar-refractivity contribution is -0.119. The Kier molecular flexibility index (Phi) is 3.38. The Morgan fingerprint density at radius 2 is 2.37 bits per heavy atom. The molecule has 2 heterocycles. The molecule has 1 N–H and O–H groups in total. The van der Waals surface area contributed by atoms with Crippen LogP contribution in [-0.4, -0.2) is 24.0 Å². The van der Waals surface area contributed by atoms with E-state index in [1.54, 1.807) is 6.20 Å². The molecule has 1 amide bonds. The van der Waals surface area contributed by atoms with Gasteiger partial charge in [0.15, 0.2) is 0 Å². The van der Waals surface area contributed by atoms with Crippen LogP contribution in [0.5, 0.6) is 5.75 Å². The number of halogens is 1. The van der Waals surface area contributed by atoms with Gasteiger partial charge in [-0.25, -0.2) is 0 Å². The number of hydrogen-bond donors (Lipinski definition) is 1. The second-order valence-electron chi connectivity index (χ2n) is 4.66. The van der Waals surface area contributed by atoms with Gasteiger partial charge in [-0.15, -0.1) is 0 Å². The number of carbonyl (C=O) groups is 1. The van der Waals surface area contributed by atoms with Crippen LogP contribution in [0.3, 0.4) is 0 Å². The largest absolute Gasteiger partial charge is 0.492 e. The van der Waals surface area contributed by atoms with E-state index < -0.39 is 0 Å². The minimum Gasteiger partial charge on any atom is -0.492 e. The van der Waals surface area contributed by atoms with E-state index >= 15 is 0 Å². The Morgan fingerprint density at radius 1 is 1.47 bits per heavy atom. The number of benzene rings is 1. The first-order valence-electron chi connectivity index (χ1n) is 6.16. The molecule has 1 aliphatic rings. The van der Waals surface area contributed by atoms with Gasteiger partial charge in [-0.05, 0) is 24.3 Å². The van der Waals surface area contributed by atoms with Crippen molar-refractivity contribution in [2.24, 2.45) is 5.92 Å². The third-order valence-electron chi connectivity index (χ3n) is 3.18. The van der Waals surface area contributed by atoms with Crippen LogP contribution in [0.4, 0.5) is 0 Å². The number of nitrogens with one attached hydrogen (secondary N) is 1. The summed E-state index contributed by atoms with van der Waals surface area (Å²) in [6.45, 7) is 1.24. The lowest BCUT2D eigenvalue weighted by atomic mass is 10.1. The van der Waals surface area contributed by atoms with Crippen LogP contribution >= 0.6 is 15.9 Å². The predicted molar refractivity (Wildman–Crippen MR) is 76.1 cm³/mol. The topological polar surface area (TPSA) is 51.2 Å². The van der Waals surface area contributed by atoms with Crippen molar-refractivity contribution in [2.75, 3.05) is 13.2 Å². The fourth-order valence-electron chi connectivity index (χ4n) is 2.23. The van der Waals surface area contributed by atoms with E-state index in [9.17, 15) is 4.79 Å². The highest BCUT2D eigenvalue weighted by molar-refractivity contribution is 9.10. The summed E-state index contributed by atoms with van der Waals surface area (Å²) in [5.41, 5.74) is 0.896. The quantitative estimate of drug-likeness (QED) is 0.945. The van der Waals surface area contributed by atoms with Crippen LogP contribution in [0.1, 0.15) is 6.42 Å². The highest BCUT2D eigenvalue weighted by Gasteiger charge is 2.22. The van der Waals surface area contributed by atoms with Crippen molar-refractivity contribution in [1.29, 1.82) is 0 Å². The molecule has 19 heavy (non-hydrogen) atoms. The van der Waals surface area contributed by atoms with Crippen LogP contribution in [0, 0.1) is 5.92 Å². The molecule has 2 aromatic rings. The summed E-state index contributed by atoms with van der Waals surface area (Å²) in [7, 11) is 0. The maximum absolute atomic E-state index is 11.1. The zero-order valence-corrected chi connectivity index (χ0v) is 11.8. The number of fused-ring (bicyclic) bond motifs is 1. The lowest BCUT2D eigenvalue weighted by Crippen LogP contribution is -2.16. The molecule has 5 heteroatoms. The molecule has 0 saturated carbocycles. The molecule has 1 unspecified atom stereocenters. The summed E-state index contributed by atoms with van der Waals surface area (Å²) in [6.07, 6.45) is 2.31. The van der Waals surface area contributed by atoms with E-state index in [1.165, 1.54) is 0 Å². The van der Waals surface area contributed by atoms with Gasteiger partial charge in [0.1, 0.15) is 5.75 Å². The molecule has 0 spiro atoms. The van der Waals surface area contributed by atoms with Crippen LogP contribution in [0.25, 0.3) is 10.9 Å². The highest BCUT2D eigenvalue weighted by Crippen LogP contribution is 2.29. The summed E-state index contributed by atoms with van der Waals surface area (Å²) >= 11 is 3.46. The monoisotopic (exact) mass is 320 g/mol. The Morgan fingerprint density at radius 3 is 3.16 bits per heavy atom. The molecular weight excluding hydrogens is 308 g/mol. The van der Waals surface area contributed by atoms with Crippen LogP contribution in [-0.2, 0) is 4.79 Å². The second-order valence-corrected chi connectivity index (χ2v) is 5.57. The lowest BCUT2D eigenvalue weighted by Gasteiger charge is -2.12. The predicted octanol–water partition coefficient (Wildman–Crippen LogP) is 2.51. The van der Waals surface area contributed by atoms with Crippen molar-refractivity contribution in [1.82, 2.24) is 10.3 Å². The fraction of sp³-hybridized carbons (Fsp3) is 0.286. The number of amides is 1. The van der Waals surface area contributed by atoms with Gasteiger partial charge in [0.05, 0.1) is 12.1 Å². The number of hydrogen-bond acceptors (Lipinski definition) is 3. The number of rotatable bonds is 3. The average Bonchev–Trinajstić information content (AvgIpc) is 2.81. The summed E-state index contributed by atoms with van der Waals surface area (Å²) in [5, 5.41) is 3.80. The van der Waals surface area contributed by atoms with Gasteiger partial charge in [-0.3, -0.25) is 9.78 Å². The van der Waals surface area contributed by atoms with Crippen molar-refractivity contribution >= 4 is 32.7 Å². The van der Waals surface area contributed by atoms with E-state index in [4.69, 9.17) is 4.74 Å². The van der Waals surface area contributed by atoms with Crippen molar-refractivity contribution in [3.63, 3.8) is 0 Å². The molecule has 1 aromatic carbocycles. The zero-order chi connectivity index (χ0) is 13.2. The first-order chi connectivity index (χ1) is 9.22. The molecule has 0 aliphatic carbocycles. The minimum atomic E-state index is 0.106.